The van der Waals surface area contributed by atoms with Crippen molar-refractivity contribution in [2.24, 2.45) is 0 Å². The minimum absolute atomic E-state index is 0.0215. The SMILES string of the molecule is CC1(C)c2ccccc2-c2ccc(-c3cccc(-c4ccc5ccc6ccc7c(c6c5c4)[OH+]C(c4c[nH]c5ccccc45)N7)c3)cc21. The zero-order valence-electron chi connectivity index (χ0n) is 26.3. The molecule has 1 aromatic heterocycles. The van der Waals surface area contributed by atoms with Crippen LogP contribution < -0.4 is 5.32 Å². The first-order chi connectivity index (χ1) is 23.0. The summed E-state index contributed by atoms with van der Waals surface area (Å²) in [6.45, 7) is 4.69. The lowest BCUT2D eigenvalue weighted by molar-refractivity contribution is 0.0243. The number of anilines is 1. The molecule has 10 rings (SSSR count). The summed E-state index contributed by atoms with van der Waals surface area (Å²) in [5, 5.41) is 9.75. The molecule has 3 nitrogen and oxygen atoms in total. The van der Waals surface area contributed by atoms with Crippen molar-refractivity contribution >= 4 is 38.1 Å². The Morgan fingerprint density at radius 1 is 0.574 bits per heavy atom. The molecular formula is C44H33N2O+. The molecule has 47 heavy (non-hydrogen) atoms. The van der Waals surface area contributed by atoms with Crippen LogP contribution in [0.5, 0.6) is 5.75 Å². The van der Waals surface area contributed by atoms with Crippen LogP contribution in [0.4, 0.5) is 5.69 Å². The average Bonchev–Trinajstić information content (AvgIpc) is 3.81. The Kier molecular flexibility index (Phi) is 5.40. The van der Waals surface area contributed by atoms with Gasteiger partial charge in [0.25, 0.3) is 12.0 Å². The summed E-state index contributed by atoms with van der Waals surface area (Å²) >= 11 is 0. The Bertz CT molecular complexity index is 2570. The number of fused-ring (bicyclic) bond motifs is 9. The van der Waals surface area contributed by atoms with Gasteiger partial charge in [0.2, 0.25) is 0 Å². The Hall–Kier alpha value is -5.80. The van der Waals surface area contributed by atoms with Crippen LogP contribution in [-0.4, -0.2) is 9.72 Å². The van der Waals surface area contributed by atoms with E-state index in [1.54, 1.807) is 0 Å². The number of ether oxygens (including phenoxy) is 1. The van der Waals surface area contributed by atoms with E-state index >= 15 is 0 Å². The molecule has 0 saturated carbocycles. The van der Waals surface area contributed by atoms with Gasteiger partial charge in [0, 0.05) is 22.5 Å². The quantitative estimate of drug-likeness (QED) is 0.117. The van der Waals surface area contributed by atoms with Crippen molar-refractivity contribution in [1.82, 2.24) is 4.98 Å². The number of aromatic hydroxyl groups is 1. The van der Waals surface area contributed by atoms with Crippen molar-refractivity contribution in [3.8, 4) is 39.1 Å². The Balaban J connectivity index is 1.06. The lowest BCUT2D eigenvalue weighted by Gasteiger charge is -2.22. The summed E-state index contributed by atoms with van der Waals surface area (Å²) in [6.07, 6.45) is 1.95. The van der Waals surface area contributed by atoms with E-state index in [9.17, 15) is 0 Å². The number of benzene rings is 7. The van der Waals surface area contributed by atoms with Gasteiger partial charge < -0.3 is 9.72 Å². The van der Waals surface area contributed by atoms with Gasteiger partial charge in [-0.1, -0.05) is 117 Å². The van der Waals surface area contributed by atoms with E-state index in [0.717, 1.165) is 17.0 Å². The number of aliphatic hydroxyl groups is 1. The van der Waals surface area contributed by atoms with Crippen LogP contribution in [0.15, 0.2) is 140 Å². The molecule has 7 aromatic carbocycles. The maximum absolute atomic E-state index is 5.30. The third-order valence-electron chi connectivity index (χ3n) is 10.6. The van der Waals surface area contributed by atoms with Crippen LogP contribution in [-0.2, 0) is 5.41 Å². The third kappa shape index (κ3) is 3.86. The van der Waals surface area contributed by atoms with Crippen LogP contribution in [0.2, 0.25) is 0 Å². The van der Waals surface area contributed by atoms with E-state index in [1.165, 1.54) is 77.0 Å². The van der Waals surface area contributed by atoms with Crippen molar-refractivity contribution in [2.45, 2.75) is 25.5 Å². The molecule has 0 spiro atoms. The molecule has 3 N–H and O–H groups in total. The summed E-state index contributed by atoms with van der Waals surface area (Å²) in [5.74, 6) is 1.04. The smallest absolute Gasteiger partial charge is 0.292 e. The predicted molar refractivity (Wildman–Crippen MR) is 196 cm³/mol. The minimum atomic E-state index is -0.132. The van der Waals surface area contributed by atoms with Gasteiger partial charge in [-0.3, -0.25) is 5.32 Å². The van der Waals surface area contributed by atoms with E-state index in [2.05, 4.69) is 164 Å². The first-order valence-corrected chi connectivity index (χ1v) is 16.4. The van der Waals surface area contributed by atoms with Crippen molar-refractivity contribution in [3.63, 3.8) is 0 Å². The molecule has 1 atom stereocenters. The lowest BCUT2D eigenvalue weighted by Crippen LogP contribution is -2.14. The van der Waals surface area contributed by atoms with Crippen molar-refractivity contribution in [2.75, 3.05) is 5.32 Å². The number of para-hydroxylation sites is 1. The highest BCUT2D eigenvalue weighted by Crippen LogP contribution is 2.50. The fourth-order valence-electron chi connectivity index (χ4n) is 8.09. The summed E-state index contributed by atoms with van der Waals surface area (Å²) in [7, 11) is 0. The van der Waals surface area contributed by atoms with Crippen molar-refractivity contribution < 1.29 is 4.74 Å². The lowest BCUT2D eigenvalue weighted by atomic mass is 9.81. The number of H-pyrrole nitrogens is 1. The molecule has 1 aliphatic carbocycles. The summed E-state index contributed by atoms with van der Waals surface area (Å²) in [5.41, 5.74) is 13.8. The van der Waals surface area contributed by atoms with E-state index < -0.39 is 0 Å². The molecule has 8 aromatic rings. The molecule has 2 heterocycles. The number of rotatable bonds is 3. The van der Waals surface area contributed by atoms with Gasteiger partial charge in [-0.05, 0) is 91.0 Å². The molecule has 2 aliphatic rings. The van der Waals surface area contributed by atoms with Gasteiger partial charge in [-0.15, -0.1) is 0 Å². The van der Waals surface area contributed by atoms with Gasteiger partial charge in [0.1, 0.15) is 5.69 Å². The predicted octanol–water partition coefficient (Wildman–Crippen LogP) is 11.5. The third-order valence-corrected chi connectivity index (χ3v) is 10.6. The molecule has 0 fully saturated rings. The molecule has 224 valence electrons. The topological polar surface area (TPSA) is 40.6 Å². The first-order valence-electron chi connectivity index (χ1n) is 16.4. The molecule has 1 aliphatic heterocycles. The van der Waals surface area contributed by atoms with Crippen molar-refractivity contribution in [3.05, 3.63) is 156 Å². The minimum Gasteiger partial charge on any atom is -0.560 e. The second-order valence-corrected chi connectivity index (χ2v) is 13.5. The highest BCUT2D eigenvalue weighted by molar-refractivity contribution is 6.13. The summed E-state index contributed by atoms with van der Waals surface area (Å²) in [4.78, 5) is 3.42. The number of hydrogen-bond donors (Lipinski definition) is 2. The summed E-state index contributed by atoms with van der Waals surface area (Å²) < 4.78 is 5.30. The number of aromatic nitrogens is 1. The zero-order valence-corrected chi connectivity index (χ0v) is 26.3. The highest BCUT2D eigenvalue weighted by atomic mass is 16.5. The number of hydrogen-bond acceptors (Lipinski definition) is 1. The van der Waals surface area contributed by atoms with Gasteiger partial charge in [-0.25, -0.2) is 0 Å². The molecule has 0 saturated heterocycles. The second-order valence-electron chi connectivity index (χ2n) is 13.5. The molecule has 3 heteroatoms. The van der Waals surface area contributed by atoms with E-state index in [-0.39, 0.29) is 11.6 Å². The molecule has 1 unspecified atom stereocenters. The normalized spacial score (nSPS) is 15.7. The van der Waals surface area contributed by atoms with Crippen LogP contribution in [0.1, 0.15) is 36.8 Å². The molecule has 0 amide bonds. The van der Waals surface area contributed by atoms with Crippen molar-refractivity contribution in [1.29, 1.82) is 0 Å². The summed E-state index contributed by atoms with van der Waals surface area (Å²) in [6, 6.07) is 49.0. The van der Waals surface area contributed by atoms with E-state index in [0.29, 0.717) is 0 Å². The average molecular weight is 606 g/mol. The molecular weight excluding hydrogens is 572 g/mol. The maximum atomic E-state index is 5.30. The second kappa shape index (κ2) is 9.60. The maximum Gasteiger partial charge on any atom is 0.292 e. The van der Waals surface area contributed by atoms with Gasteiger partial charge >= 0.3 is 0 Å². The molecule has 0 radical (unpaired) electrons. The van der Waals surface area contributed by atoms with E-state index in [1.807, 2.05) is 0 Å². The zero-order chi connectivity index (χ0) is 31.3. The number of aromatic amines is 1. The van der Waals surface area contributed by atoms with Crippen LogP contribution in [0, 0.1) is 0 Å². The first kappa shape index (κ1) is 26.4. The highest BCUT2D eigenvalue weighted by Gasteiger charge is 2.35. The van der Waals surface area contributed by atoms with Crippen LogP contribution in [0.25, 0.3) is 65.8 Å². The fourth-order valence-corrected chi connectivity index (χ4v) is 8.09. The van der Waals surface area contributed by atoms with Gasteiger partial charge in [0.05, 0.1) is 10.9 Å². The fraction of sp³-hybridized carbons (Fsp3) is 0.0909. The van der Waals surface area contributed by atoms with Gasteiger partial charge in [0.15, 0.2) is 0 Å². The Morgan fingerprint density at radius 3 is 2.19 bits per heavy atom. The Morgan fingerprint density at radius 2 is 1.28 bits per heavy atom. The Labute approximate surface area is 273 Å². The van der Waals surface area contributed by atoms with Crippen LogP contribution >= 0.6 is 0 Å². The van der Waals surface area contributed by atoms with Crippen LogP contribution in [0.3, 0.4) is 0 Å². The van der Waals surface area contributed by atoms with E-state index in [4.69, 9.17) is 4.74 Å². The largest absolute Gasteiger partial charge is 0.560 e. The van der Waals surface area contributed by atoms with Gasteiger partial charge in [-0.2, -0.15) is 0 Å². The number of nitrogens with one attached hydrogen (secondary N) is 2. The standard InChI is InChI=1S/C44H32N2O/c1-44(2)37-12-5-3-10-32(37)33-20-18-31(24-38(33)44)29-9-7-8-28(22-29)30-17-15-26-14-16-27-19-21-40-42(41(27)35(26)23-30)47-43(46-40)36-25-45-39-13-6-4-11-34(36)39/h3-25,43,45-46H,1-2H3/p+1. The molecule has 0 bridgehead atoms. The monoisotopic (exact) mass is 605 g/mol.